The summed E-state index contributed by atoms with van der Waals surface area (Å²) in [5.74, 6) is 0.804. The molecule has 1 aliphatic rings. The summed E-state index contributed by atoms with van der Waals surface area (Å²) in [4.78, 5) is 14.7. The predicted molar refractivity (Wildman–Crippen MR) is 112 cm³/mol. The Kier molecular flexibility index (Phi) is 6.51. The Morgan fingerprint density at radius 3 is 2.56 bits per heavy atom. The van der Waals surface area contributed by atoms with Crippen LogP contribution in [-0.4, -0.2) is 24.0 Å². The van der Waals surface area contributed by atoms with E-state index in [2.05, 4.69) is 52.8 Å². The van der Waals surface area contributed by atoms with E-state index in [0.29, 0.717) is 6.54 Å². The highest BCUT2D eigenvalue weighted by Gasteiger charge is 2.16. The van der Waals surface area contributed by atoms with Crippen molar-refractivity contribution in [2.45, 2.75) is 46.7 Å². The molecule has 4 heteroatoms. The number of amides is 2. The molecule has 0 aliphatic carbocycles. The number of carbonyl (C=O) groups is 1. The van der Waals surface area contributed by atoms with Gasteiger partial charge in [-0.1, -0.05) is 48.9 Å². The van der Waals surface area contributed by atoms with Gasteiger partial charge in [-0.15, -0.1) is 0 Å². The molecule has 1 saturated heterocycles. The molecule has 1 atom stereocenters. The molecule has 4 nitrogen and oxygen atoms in total. The number of benzene rings is 2. The molecular formula is C23H31N3O. The summed E-state index contributed by atoms with van der Waals surface area (Å²) < 4.78 is 0. The van der Waals surface area contributed by atoms with Crippen molar-refractivity contribution in [3.05, 3.63) is 64.7 Å². The third kappa shape index (κ3) is 5.83. The van der Waals surface area contributed by atoms with Crippen molar-refractivity contribution in [1.29, 1.82) is 0 Å². The SMILES string of the molecule is Cc1ccc(NC(=O)NCc2ccc(CN3CCC[C@H](C)C3)cc2)c(C)c1. The van der Waals surface area contributed by atoms with E-state index < -0.39 is 0 Å². The molecule has 27 heavy (non-hydrogen) atoms. The summed E-state index contributed by atoms with van der Waals surface area (Å²) >= 11 is 0. The lowest BCUT2D eigenvalue weighted by atomic mass is 9.99. The molecule has 0 aromatic heterocycles. The highest BCUT2D eigenvalue weighted by Crippen LogP contribution is 2.18. The fourth-order valence-electron chi connectivity index (χ4n) is 3.75. The Bertz CT molecular complexity index is 770. The molecule has 2 aromatic rings. The number of likely N-dealkylation sites (tertiary alicyclic amines) is 1. The minimum atomic E-state index is -0.173. The van der Waals surface area contributed by atoms with Gasteiger partial charge in [-0.05, 0) is 61.9 Å². The van der Waals surface area contributed by atoms with Crippen molar-refractivity contribution < 1.29 is 4.79 Å². The van der Waals surface area contributed by atoms with Crippen LogP contribution >= 0.6 is 0 Å². The van der Waals surface area contributed by atoms with Crippen molar-refractivity contribution in [1.82, 2.24) is 10.2 Å². The number of anilines is 1. The van der Waals surface area contributed by atoms with Crippen molar-refractivity contribution in [2.75, 3.05) is 18.4 Å². The molecule has 0 bridgehead atoms. The second-order valence-corrected chi connectivity index (χ2v) is 7.93. The number of rotatable bonds is 5. The number of nitrogens with one attached hydrogen (secondary N) is 2. The van der Waals surface area contributed by atoms with Crippen LogP contribution in [0.5, 0.6) is 0 Å². The molecule has 0 unspecified atom stereocenters. The zero-order chi connectivity index (χ0) is 19.2. The number of piperidine rings is 1. The van der Waals surface area contributed by atoms with Crippen LogP contribution in [0.2, 0.25) is 0 Å². The maximum atomic E-state index is 12.2. The molecule has 2 aromatic carbocycles. The standard InChI is InChI=1S/C23H31N3O/c1-17-6-11-22(19(3)13-17)25-23(27)24-14-20-7-9-21(10-8-20)16-26-12-4-5-18(2)15-26/h6-11,13,18H,4-5,12,14-16H2,1-3H3,(H2,24,25,27)/t18-/m0/s1. The van der Waals surface area contributed by atoms with Crippen LogP contribution in [0.25, 0.3) is 0 Å². The van der Waals surface area contributed by atoms with E-state index in [1.807, 2.05) is 26.0 Å². The molecule has 0 spiro atoms. The predicted octanol–water partition coefficient (Wildman–Crippen LogP) is 4.86. The van der Waals surface area contributed by atoms with Crippen LogP contribution in [0.1, 0.15) is 42.0 Å². The first kappa shape index (κ1) is 19.4. The highest BCUT2D eigenvalue weighted by atomic mass is 16.2. The van der Waals surface area contributed by atoms with E-state index in [0.717, 1.165) is 29.3 Å². The molecule has 0 radical (unpaired) electrons. The molecule has 2 amide bonds. The molecular weight excluding hydrogens is 334 g/mol. The summed E-state index contributed by atoms with van der Waals surface area (Å²) in [5, 5.41) is 5.86. The maximum Gasteiger partial charge on any atom is 0.319 e. The number of nitrogens with zero attached hydrogens (tertiary/aromatic N) is 1. The van der Waals surface area contributed by atoms with Gasteiger partial charge >= 0.3 is 6.03 Å². The van der Waals surface area contributed by atoms with Crippen LogP contribution in [-0.2, 0) is 13.1 Å². The first-order valence-corrected chi connectivity index (χ1v) is 9.92. The van der Waals surface area contributed by atoms with E-state index >= 15 is 0 Å². The number of urea groups is 1. The zero-order valence-corrected chi connectivity index (χ0v) is 16.7. The van der Waals surface area contributed by atoms with Gasteiger partial charge in [0.05, 0.1) is 0 Å². The lowest BCUT2D eigenvalue weighted by Gasteiger charge is -2.30. The first-order chi connectivity index (χ1) is 13.0. The Labute approximate surface area is 163 Å². The topological polar surface area (TPSA) is 44.4 Å². The third-order valence-corrected chi connectivity index (χ3v) is 5.25. The minimum Gasteiger partial charge on any atom is -0.334 e. The van der Waals surface area contributed by atoms with E-state index in [9.17, 15) is 4.79 Å². The van der Waals surface area contributed by atoms with Crippen LogP contribution < -0.4 is 10.6 Å². The van der Waals surface area contributed by atoms with Gasteiger partial charge in [0.25, 0.3) is 0 Å². The second-order valence-electron chi connectivity index (χ2n) is 7.93. The summed E-state index contributed by atoms with van der Waals surface area (Å²) in [6.45, 7) is 10.3. The molecule has 1 heterocycles. The van der Waals surface area contributed by atoms with E-state index in [1.54, 1.807) is 0 Å². The van der Waals surface area contributed by atoms with Gasteiger partial charge in [-0.2, -0.15) is 0 Å². The Hall–Kier alpha value is -2.33. The largest absolute Gasteiger partial charge is 0.334 e. The fraction of sp³-hybridized carbons (Fsp3) is 0.435. The van der Waals surface area contributed by atoms with Gasteiger partial charge in [0, 0.05) is 25.3 Å². The quantitative estimate of drug-likeness (QED) is 0.795. The lowest BCUT2D eigenvalue weighted by molar-refractivity contribution is 0.176. The van der Waals surface area contributed by atoms with E-state index in [4.69, 9.17) is 0 Å². The molecule has 2 N–H and O–H groups in total. The van der Waals surface area contributed by atoms with Gasteiger partial charge in [0.15, 0.2) is 0 Å². The Morgan fingerprint density at radius 1 is 1.11 bits per heavy atom. The summed E-state index contributed by atoms with van der Waals surface area (Å²) in [5.41, 5.74) is 5.57. The van der Waals surface area contributed by atoms with Crippen molar-refractivity contribution >= 4 is 11.7 Å². The van der Waals surface area contributed by atoms with Gasteiger partial charge in [0.1, 0.15) is 0 Å². The molecule has 3 rings (SSSR count). The molecule has 0 saturated carbocycles. The smallest absolute Gasteiger partial charge is 0.319 e. The summed E-state index contributed by atoms with van der Waals surface area (Å²) in [6, 6.07) is 14.4. The van der Waals surface area contributed by atoms with Crippen molar-refractivity contribution in [2.24, 2.45) is 5.92 Å². The Balaban J connectivity index is 1.47. The molecule has 1 fully saturated rings. The van der Waals surface area contributed by atoms with Crippen LogP contribution in [0.3, 0.4) is 0 Å². The average Bonchev–Trinajstić information content (AvgIpc) is 2.64. The first-order valence-electron chi connectivity index (χ1n) is 9.92. The second kappa shape index (κ2) is 9.05. The van der Waals surface area contributed by atoms with E-state index in [1.165, 1.54) is 37.1 Å². The maximum absolute atomic E-state index is 12.2. The van der Waals surface area contributed by atoms with Gasteiger partial charge in [-0.25, -0.2) is 4.79 Å². The number of hydrogen-bond acceptors (Lipinski definition) is 2. The average molecular weight is 366 g/mol. The summed E-state index contributed by atoms with van der Waals surface area (Å²) in [7, 11) is 0. The number of aryl methyl sites for hydroxylation is 2. The zero-order valence-electron chi connectivity index (χ0n) is 16.7. The lowest BCUT2D eigenvalue weighted by Crippen LogP contribution is -2.33. The van der Waals surface area contributed by atoms with Crippen molar-refractivity contribution in [3.8, 4) is 0 Å². The number of carbonyl (C=O) groups excluding carboxylic acids is 1. The molecule has 1 aliphatic heterocycles. The highest BCUT2D eigenvalue weighted by molar-refractivity contribution is 5.90. The van der Waals surface area contributed by atoms with Gasteiger partial charge in [-0.3, -0.25) is 4.90 Å². The fourth-order valence-corrected chi connectivity index (χ4v) is 3.75. The Morgan fingerprint density at radius 2 is 1.85 bits per heavy atom. The van der Waals surface area contributed by atoms with Crippen LogP contribution in [0.4, 0.5) is 10.5 Å². The third-order valence-electron chi connectivity index (χ3n) is 5.25. The summed E-state index contributed by atoms with van der Waals surface area (Å²) in [6.07, 6.45) is 2.66. The molecule has 144 valence electrons. The monoisotopic (exact) mass is 365 g/mol. The van der Waals surface area contributed by atoms with Crippen molar-refractivity contribution in [3.63, 3.8) is 0 Å². The van der Waals surface area contributed by atoms with Crippen LogP contribution in [0, 0.1) is 19.8 Å². The number of hydrogen-bond donors (Lipinski definition) is 2. The normalized spacial score (nSPS) is 17.5. The van der Waals surface area contributed by atoms with Gasteiger partial charge < -0.3 is 10.6 Å². The van der Waals surface area contributed by atoms with Gasteiger partial charge in [0.2, 0.25) is 0 Å². The van der Waals surface area contributed by atoms with Crippen LogP contribution in [0.15, 0.2) is 42.5 Å². The van der Waals surface area contributed by atoms with E-state index in [-0.39, 0.29) is 6.03 Å². The minimum absolute atomic E-state index is 0.173.